The molecule has 0 radical (unpaired) electrons. The Hall–Kier alpha value is -2.04. The zero-order chi connectivity index (χ0) is 12.6. The van der Waals surface area contributed by atoms with Crippen molar-refractivity contribution < 1.29 is 9.59 Å². The second kappa shape index (κ2) is 4.08. The minimum absolute atomic E-state index is 0.264. The quantitative estimate of drug-likeness (QED) is 0.582. The molecular formula is C12H15N3O2. The molecule has 0 spiro atoms. The summed E-state index contributed by atoms with van der Waals surface area (Å²) in [5.41, 5.74) is 8.51. The molecule has 5 heteroatoms. The van der Waals surface area contributed by atoms with E-state index >= 15 is 0 Å². The number of nitrogens with zero attached hydrogens (tertiary/aromatic N) is 1. The molecule has 0 saturated carbocycles. The standard InChI is InChI=1S/C12H15N3O2/c1-7-4-3-5-9(13)8(7)6-10-11(16)14-12(17)15(10)2/h3-5,10H,6,13H2,1-2H3,(H,14,16,17). The number of nitrogens with two attached hydrogens (primary N) is 1. The number of amides is 3. The maximum atomic E-state index is 11.6. The van der Waals surface area contributed by atoms with Crippen molar-refractivity contribution in [2.75, 3.05) is 12.8 Å². The van der Waals surface area contributed by atoms with Crippen LogP contribution in [-0.2, 0) is 11.2 Å². The van der Waals surface area contributed by atoms with Crippen LogP contribution in [0.15, 0.2) is 18.2 Å². The lowest BCUT2D eigenvalue weighted by atomic mass is 9.99. The van der Waals surface area contributed by atoms with Crippen LogP contribution in [0.5, 0.6) is 0 Å². The number of nitrogen functional groups attached to an aromatic ring is 1. The second-order valence-electron chi connectivity index (χ2n) is 4.27. The van der Waals surface area contributed by atoms with Crippen molar-refractivity contribution in [2.24, 2.45) is 0 Å². The maximum Gasteiger partial charge on any atom is 0.324 e. The molecule has 1 heterocycles. The number of carbonyl (C=O) groups excluding carboxylic acids is 2. The summed E-state index contributed by atoms with van der Waals surface area (Å²) in [6.45, 7) is 1.94. The average Bonchev–Trinajstić information content (AvgIpc) is 2.49. The topological polar surface area (TPSA) is 75.4 Å². The number of likely N-dealkylation sites (N-methyl/N-ethyl adjacent to an activating group) is 1. The molecule has 1 saturated heterocycles. The van der Waals surface area contributed by atoms with Gasteiger partial charge in [-0.2, -0.15) is 0 Å². The number of rotatable bonds is 2. The lowest BCUT2D eigenvalue weighted by Crippen LogP contribution is -2.33. The summed E-state index contributed by atoms with van der Waals surface area (Å²) in [4.78, 5) is 24.3. The molecule has 1 atom stereocenters. The molecule has 1 aromatic carbocycles. The van der Waals surface area contributed by atoms with Crippen LogP contribution in [0.2, 0.25) is 0 Å². The van der Waals surface area contributed by atoms with Gasteiger partial charge in [0.25, 0.3) is 5.91 Å². The third-order valence-electron chi connectivity index (χ3n) is 3.16. The largest absolute Gasteiger partial charge is 0.398 e. The summed E-state index contributed by atoms with van der Waals surface area (Å²) in [7, 11) is 1.61. The normalized spacial score (nSPS) is 19.6. The van der Waals surface area contributed by atoms with E-state index in [1.54, 1.807) is 13.1 Å². The van der Waals surface area contributed by atoms with Gasteiger partial charge in [-0.15, -0.1) is 0 Å². The number of imide groups is 1. The van der Waals surface area contributed by atoms with Crippen LogP contribution in [0.3, 0.4) is 0 Å². The Balaban J connectivity index is 2.27. The van der Waals surface area contributed by atoms with Gasteiger partial charge in [-0.1, -0.05) is 12.1 Å². The first-order valence-electron chi connectivity index (χ1n) is 5.42. The van der Waals surface area contributed by atoms with E-state index in [0.717, 1.165) is 11.1 Å². The SMILES string of the molecule is Cc1cccc(N)c1CC1C(=O)NC(=O)N1C. The summed E-state index contributed by atoms with van der Waals surface area (Å²) in [5.74, 6) is -0.264. The number of carbonyl (C=O) groups is 2. The van der Waals surface area contributed by atoms with Crippen molar-refractivity contribution in [1.82, 2.24) is 10.2 Å². The lowest BCUT2D eigenvalue weighted by Gasteiger charge is -2.18. The molecule has 1 aliphatic rings. The molecule has 3 amide bonds. The molecule has 2 rings (SSSR count). The Morgan fingerprint density at radius 1 is 1.41 bits per heavy atom. The number of nitrogens with one attached hydrogen (secondary N) is 1. The van der Waals surface area contributed by atoms with Gasteiger partial charge >= 0.3 is 6.03 Å². The van der Waals surface area contributed by atoms with Gasteiger partial charge in [0.2, 0.25) is 0 Å². The van der Waals surface area contributed by atoms with Crippen LogP contribution >= 0.6 is 0 Å². The molecule has 90 valence electrons. The van der Waals surface area contributed by atoms with Gasteiger partial charge in [-0.3, -0.25) is 10.1 Å². The van der Waals surface area contributed by atoms with E-state index in [-0.39, 0.29) is 11.9 Å². The molecule has 0 aromatic heterocycles. The van der Waals surface area contributed by atoms with E-state index in [1.807, 2.05) is 19.1 Å². The summed E-state index contributed by atoms with van der Waals surface area (Å²) in [6, 6.07) is 4.80. The number of aryl methyl sites for hydroxylation is 1. The molecule has 1 fully saturated rings. The molecule has 1 aromatic rings. The van der Waals surface area contributed by atoms with E-state index in [4.69, 9.17) is 5.73 Å². The fourth-order valence-electron chi connectivity index (χ4n) is 2.02. The van der Waals surface area contributed by atoms with Gasteiger partial charge in [0.15, 0.2) is 0 Å². The molecule has 17 heavy (non-hydrogen) atoms. The minimum atomic E-state index is -0.467. The van der Waals surface area contributed by atoms with E-state index in [9.17, 15) is 9.59 Å². The van der Waals surface area contributed by atoms with Crippen LogP contribution in [0.1, 0.15) is 11.1 Å². The Kier molecular flexibility index (Phi) is 2.75. The van der Waals surface area contributed by atoms with Gasteiger partial charge in [0.05, 0.1) is 0 Å². The molecule has 5 nitrogen and oxygen atoms in total. The van der Waals surface area contributed by atoms with Crippen molar-refractivity contribution in [2.45, 2.75) is 19.4 Å². The lowest BCUT2D eigenvalue weighted by molar-refractivity contribution is -0.121. The molecule has 3 N–H and O–H groups in total. The van der Waals surface area contributed by atoms with Gasteiger partial charge in [-0.25, -0.2) is 4.79 Å². The maximum absolute atomic E-state index is 11.6. The first-order valence-corrected chi connectivity index (χ1v) is 5.42. The fraction of sp³-hybridized carbons (Fsp3) is 0.333. The summed E-state index contributed by atoms with van der Waals surface area (Å²) < 4.78 is 0. The van der Waals surface area contributed by atoms with E-state index in [0.29, 0.717) is 12.1 Å². The number of hydrogen-bond acceptors (Lipinski definition) is 3. The Bertz CT molecular complexity index is 464. The van der Waals surface area contributed by atoms with Crippen LogP contribution < -0.4 is 11.1 Å². The summed E-state index contributed by atoms with van der Waals surface area (Å²) in [6.07, 6.45) is 0.451. The number of urea groups is 1. The highest BCUT2D eigenvalue weighted by molar-refractivity contribution is 6.04. The van der Waals surface area contributed by atoms with Gasteiger partial charge in [0, 0.05) is 19.2 Å². The number of anilines is 1. The predicted octanol–water partition coefficient (Wildman–Crippen LogP) is 0.670. The third-order valence-corrected chi connectivity index (χ3v) is 3.16. The predicted molar refractivity (Wildman–Crippen MR) is 64.4 cm³/mol. The van der Waals surface area contributed by atoms with E-state index in [1.165, 1.54) is 4.90 Å². The van der Waals surface area contributed by atoms with Crippen LogP contribution in [0.25, 0.3) is 0 Å². The van der Waals surface area contributed by atoms with Gasteiger partial charge in [0.1, 0.15) is 6.04 Å². The van der Waals surface area contributed by atoms with Gasteiger partial charge in [-0.05, 0) is 24.1 Å². The highest BCUT2D eigenvalue weighted by Gasteiger charge is 2.35. The molecule has 1 aliphatic heterocycles. The second-order valence-corrected chi connectivity index (χ2v) is 4.27. The number of benzene rings is 1. The molecular weight excluding hydrogens is 218 g/mol. The molecule has 1 unspecified atom stereocenters. The van der Waals surface area contributed by atoms with Gasteiger partial charge < -0.3 is 10.6 Å². The average molecular weight is 233 g/mol. The Morgan fingerprint density at radius 3 is 2.65 bits per heavy atom. The summed E-state index contributed by atoms with van der Waals surface area (Å²) in [5, 5.41) is 2.28. The van der Waals surface area contributed by atoms with Crippen LogP contribution in [-0.4, -0.2) is 29.9 Å². The molecule has 0 aliphatic carbocycles. The Morgan fingerprint density at radius 2 is 2.12 bits per heavy atom. The zero-order valence-corrected chi connectivity index (χ0v) is 9.86. The highest BCUT2D eigenvalue weighted by atomic mass is 16.2. The van der Waals surface area contributed by atoms with Crippen molar-refractivity contribution in [3.63, 3.8) is 0 Å². The summed E-state index contributed by atoms with van der Waals surface area (Å²) >= 11 is 0. The van der Waals surface area contributed by atoms with E-state index in [2.05, 4.69) is 5.32 Å². The van der Waals surface area contributed by atoms with Crippen LogP contribution in [0.4, 0.5) is 10.5 Å². The Labute approximate surface area is 99.6 Å². The van der Waals surface area contributed by atoms with Crippen molar-refractivity contribution in [1.29, 1.82) is 0 Å². The third kappa shape index (κ3) is 1.95. The first kappa shape index (κ1) is 11.4. The number of hydrogen-bond donors (Lipinski definition) is 2. The van der Waals surface area contributed by atoms with Crippen molar-refractivity contribution in [3.05, 3.63) is 29.3 Å². The smallest absolute Gasteiger partial charge is 0.324 e. The van der Waals surface area contributed by atoms with Crippen molar-refractivity contribution in [3.8, 4) is 0 Å². The van der Waals surface area contributed by atoms with Crippen molar-refractivity contribution >= 4 is 17.6 Å². The molecule has 0 bridgehead atoms. The van der Waals surface area contributed by atoms with E-state index < -0.39 is 6.04 Å². The monoisotopic (exact) mass is 233 g/mol. The fourth-order valence-corrected chi connectivity index (χ4v) is 2.02. The zero-order valence-electron chi connectivity index (χ0n) is 9.86. The highest BCUT2D eigenvalue weighted by Crippen LogP contribution is 2.21. The first-order chi connectivity index (χ1) is 8.00. The van der Waals surface area contributed by atoms with Crippen LogP contribution in [0, 0.1) is 6.92 Å². The minimum Gasteiger partial charge on any atom is -0.398 e.